The van der Waals surface area contributed by atoms with Crippen molar-refractivity contribution < 1.29 is 4.79 Å². The van der Waals surface area contributed by atoms with E-state index < -0.39 is 0 Å². The Hall–Kier alpha value is -0.770. The number of likely N-dealkylation sites (tertiary alicyclic amines) is 1. The van der Waals surface area contributed by atoms with Gasteiger partial charge < -0.3 is 14.7 Å². The van der Waals surface area contributed by atoms with Gasteiger partial charge in [0.25, 0.3) is 0 Å². The molecule has 1 aliphatic heterocycles. The molecule has 2 amide bonds. The van der Waals surface area contributed by atoms with Crippen molar-refractivity contribution in [1.82, 2.24) is 14.7 Å². The first-order valence-corrected chi connectivity index (χ1v) is 5.76. The minimum absolute atomic E-state index is 0.0898. The Balaban J connectivity index is 2.20. The topological polar surface area (TPSA) is 26.8 Å². The van der Waals surface area contributed by atoms with Crippen molar-refractivity contribution in [3.05, 3.63) is 0 Å². The van der Waals surface area contributed by atoms with Crippen molar-refractivity contribution in [1.29, 1.82) is 0 Å². The smallest absolute Gasteiger partial charge is 0.319 e. The third-order valence-corrected chi connectivity index (χ3v) is 2.91. The molecule has 0 aromatic heterocycles. The summed E-state index contributed by atoms with van der Waals surface area (Å²) in [6, 6.07) is 0.0898. The predicted octanol–water partition coefficient (Wildman–Crippen LogP) is 1.09. The van der Waals surface area contributed by atoms with Gasteiger partial charge in [0.2, 0.25) is 0 Å². The second kappa shape index (κ2) is 5.95. The zero-order chi connectivity index (χ0) is 11.3. The van der Waals surface area contributed by atoms with E-state index in [9.17, 15) is 4.79 Å². The van der Waals surface area contributed by atoms with E-state index in [0.29, 0.717) is 0 Å². The Bertz CT molecular complexity index is 200. The summed E-state index contributed by atoms with van der Waals surface area (Å²) in [5, 5.41) is 0. The van der Waals surface area contributed by atoms with E-state index in [2.05, 4.69) is 4.90 Å². The lowest BCUT2D eigenvalue weighted by atomic mass is 10.1. The molecular formula is C11H23N3O. The largest absolute Gasteiger partial charge is 0.331 e. The molecule has 1 saturated heterocycles. The van der Waals surface area contributed by atoms with Gasteiger partial charge in [-0.25, -0.2) is 4.79 Å². The van der Waals surface area contributed by atoms with Crippen LogP contribution in [0.2, 0.25) is 0 Å². The number of carbonyl (C=O) groups is 1. The molecule has 0 spiro atoms. The van der Waals surface area contributed by atoms with Gasteiger partial charge in [-0.05, 0) is 25.9 Å². The predicted molar refractivity (Wildman–Crippen MR) is 62.0 cm³/mol. The lowest BCUT2D eigenvalue weighted by Crippen LogP contribution is -2.42. The SMILES string of the molecule is CN(C)C(=O)N(C)CCN1CCCCC1. The van der Waals surface area contributed by atoms with E-state index in [1.165, 1.54) is 32.4 Å². The van der Waals surface area contributed by atoms with Crippen molar-refractivity contribution in [2.24, 2.45) is 0 Å². The van der Waals surface area contributed by atoms with Crippen LogP contribution in [-0.4, -0.2) is 68.1 Å². The molecule has 1 heterocycles. The van der Waals surface area contributed by atoms with E-state index in [1.807, 2.05) is 7.05 Å². The highest BCUT2D eigenvalue weighted by atomic mass is 16.2. The van der Waals surface area contributed by atoms with Crippen LogP contribution in [0.25, 0.3) is 0 Å². The Kier molecular flexibility index (Phi) is 4.88. The average molecular weight is 213 g/mol. The number of rotatable bonds is 3. The van der Waals surface area contributed by atoms with Crippen LogP contribution < -0.4 is 0 Å². The second-order valence-corrected chi connectivity index (χ2v) is 4.50. The maximum Gasteiger partial charge on any atom is 0.319 e. The minimum Gasteiger partial charge on any atom is -0.331 e. The first-order valence-electron chi connectivity index (χ1n) is 5.76. The van der Waals surface area contributed by atoms with Crippen LogP contribution in [0.1, 0.15) is 19.3 Å². The number of likely N-dealkylation sites (N-methyl/N-ethyl adjacent to an activating group) is 1. The van der Waals surface area contributed by atoms with Crippen molar-refractivity contribution >= 4 is 6.03 Å². The lowest BCUT2D eigenvalue weighted by Gasteiger charge is -2.29. The summed E-state index contributed by atoms with van der Waals surface area (Å²) in [6.07, 6.45) is 3.99. The minimum atomic E-state index is 0.0898. The molecule has 0 bridgehead atoms. The third-order valence-electron chi connectivity index (χ3n) is 2.91. The monoisotopic (exact) mass is 213 g/mol. The van der Waals surface area contributed by atoms with Crippen LogP contribution in [0.4, 0.5) is 4.79 Å². The number of amides is 2. The first-order chi connectivity index (χ1) is 7.11. The van der Waals surface area contributed by atoms with Gasteiger partial charge in [-0.15, -0.1) is 0 Å². The fourth-order valence-electron chi connectivity index (χ4n) is 1.91. The molecule has 1 rings (SSSR count). The Morgan fingerprint density at radius 3 is 2.27 bits per heavy atom. The maximum absolute atomic E-state index is 11.5. The van der Waals surface area contributed by atoms with Gasteiger partial charge >= 0.3 is 6.03 Å². The molecule has 4 heteroatoms. The van der Waals surface area contributed by atoms with Gasteiger partial charge in [0, 0.05) is 34.2 Å². The number of hydrogen-bond donors (Lipinski definition) is 0. The summed E-state index contributed by atoms with van der Waals surface area (Å²) < 4.78 is 0. The lowest BCUT2D eigenvalue weighted by molar-refractivity contribution is 0.165. The number of piperidine rings is 1. The molecule has 88 valence electrons. The molecule has 0 unspecified atom stereocenters. The number of carbonyl (C=O) groups excluding carboxylic acids is 1. The number of hydrogen-bond acceptors (Lipinski definition) is 2. The molecule has 1 fully saturated rings. The molecule has 0 radical (unpaired) electrons. The summed E-state index contributed by atoms with van der Waals surface area (Å²) in [4.78, 5) is 17.4. The van der Waals surface area contributed by atoms with Crippen LogP contribution in [0, 0.1) is 0 Å². The summed E-state index contributed by atoms with van der Waals surface area (Å²) in [6.45, 7) is 4.24. The molecule has 15 heavy (non-hydrogen) atoms. The van der Waals surface area contributed by atoms with Crippen LogP contribution >= 0.6 is 0 Å². The van der Waals surface area contributed by atoms with Crippen molar-refractivity contribution in [3.63, 3.8) is 0 Å². The summed E-state index contributed by atoms with van der Waals surface area (Å²) in [7, 11) is 5.45. The van der Waals surface area contributed by atoms with Gasteiger partial charge in [-0.3, -0.25) is 0 Å². The van der Waals surface area contributed by atoms with E-state index >= 15 is 0 Å². The fraction of sp³-hybridized carbons (Fsp3) is 0.909. The van der Waals surface area contributed by atoms with E-state index in [1.54, 1.807) is 23.9 Å². The highest BCUT2D eigenvalue weighted by molar-refractivity contribution is 5.73. The van der Waals surface area contributed by atoms with Crippen LogP contribution in [0.3, 0.4) is 0 Å². The summed E-state index contributed by atoms with van der Waals surface area (Å²) in [5.41, 5.74) is 0. The Labute approximate surface area is 92.8 Å². The number of urea groups is 1. The van der Waals surface area contributed by atoms with Crippen LogP contribution in [-0.2, 0) is 0 Å². The van der Waals surface area contributed by atoms with E-state index in [-0.39, 0.29) is 6.03 Å². The number of nitrogens with zero attached hydrogens (tertiary/aromatic N) is 3. The van der Waals surface area contributed by atoms with Crippen molar-refractivity contribution in [3.8, 4) is 0 Å². The van der Waals surface area contributed by atoms with Crippen LogP contribution in [0.15, 0.2) is 0 Å². The van der Waals surface area contributed by atoms with E-state index in [4.69, 9.17) is 0 Å². The molecule has 0 saturated carbocycles. The van der Waals surface area contributed by atoms with E-state index in [0.717, 1.165) is 13.1 Å². The zero-order valence-corrected chi connectivity index (χ0v) is 10.2. The highest BCUT2D eigenvalue weighted by Gasteiger charge is 2.13. The van der Waals surface area contributed by atoms with Gasteiger partial charge in [-0.1, -0.05) is 6.42 Å². The quantitative estimate of drug-likeness (QED) is 0.701. The molecule has 0 aromatic carbocycles. The van der Waals surface area contributed by atoms with Crippen LogP contribution in [0.5, 0.6) is 0 Å². The normalized spacial score (nSPS) is 17.5. The maximum atomic E-state index is 11.5. The molecule has 0 aromatic rings. The highest BCUT2D eigenvalue weighted by Crippen LogP contribution is 2.08. The third kappa shape index (κ3) is 4.08. The van der Waals surface area contributed by atoms with Gasteiger partial charge in [-0.2, -0.15) is 0 Å². The molecule has 1 aliphatic rings. The summed E-state index contributed by atoms with van der Waals surface area (Å²) in [5.74, 6) is 0. The summed E-state index contributed by atoms with van der Waals surface area (Å²) >= 11 is 0. The Morgan fingerprint density at radius 1 is 1.13 bits per heavy atom. The molecule has 0 N–H and O–H groups in total. The van der Waals surface area contributed by atoms with Gasteiger partial charge in [0.1, 0.15) is 0 Å². The molecular weight excluding hydrogens is 190 g/mol. The molecule has 4 nitrogen and oxygen atoms in total. The van der Waals surface area contributed by atoms with Crippen molar-refractivity contribution in [2.75, 3.05) is 47.3 Å². The second-order valence-electron chi connectivity index (χ2n) is 4.50. The fourth-order valence-corrected chi connectivity index (χ4v) is 1.91. The Morgan fingerprint density at radius 2 is 1.73 bits per heavy atom. The standard InChI is InChI=1S/C11H23N3O/c1-12(2)11(15)13(3)9-10-14-7-5-4-6-8-14/h4-10H2,1-3H3. The first kappa shape index (κ1) is 12.3. The van der Waals surface area contributed by atoms with Gasteiger partial charge in [0.15, 0.2) is 0 Å². The molecule has 0 aliphatic carbocycles. The zero-order valence-electron chi connectivity index (χ0n) is 10.2. The van der Waals surface area contributed by atoms with Crippen molar-refractivity contribution in [2.45, 2.75) is 19.3 Å². The molecule has 0 atom stereocenters. The average Bonchev–Trinajstić information content (AvgIpc) is 2.26. The van der Waals surface area contributed by atoms with Gasteiger partial charge in [0.05, 0.1) is 0 Å².